The number of fused-ring (bicyclic) bond motifs is 1. The number of rotatable bonds is 4. The van der Waals surface area contributed by atoms with Crippen LogP contribution in [0.15, 0.2) is 42.5 Å². The molecule has 1 aliphatic rings. The second kappa shape index (κ2) is 7.57. The van der Waals surface area contributed by atoms with E-state index in [0.717, 1.165) is 18.5 Å². The van der Waals surface area contributed by atoms with Gasteiger partial charge in [0.1, 0.15) is 5.75 Å². The van der Waals surface area contributed by atoms with Crippen LogP contribution in [0.2, 0.25) is 5.02 Å². The number of carbonyl (C=O) groups excluding carboxylic acids is 2. The van der Waals surface area contributed by atoms with E-state index < -0.39 is 0 Å². The van der Waals surface area contributed by atoms with Gasteiger partial charge in [0.05, 0.1) is 0 Å². The van der Waals surface area contributed by atoms with Crippen molar-refractivity contribution < 1.29 is 14.3 Å². The van der Waals surface area contributed by atoms with Crippen molar-refractivity contribution in [2.75, 3.05) is 18.5 Å². The molecule has 0 spiro atoms. The second-order valence-electron chi connectivity index (χ2n) is 5.96. The molecule has 3 rings (SSSR count). The highest BCUT2D eigenvalue weighted by Crippen LogP contribution is 2.23. The zero-order valence-corrected chi connectivity index (χ0v) is 14.7. The topological polar surface area (TPSA) is 58.6 Å². The van der Waals surface area contributed by atoms with E-state index in [1.165, 1.54) is 5.56 Å². The molecule has 5 nitrogen and oxygen atoms in total. The van der Waals surface area contributed by atoms with Crippen LogP contribution < -0.4 is 10.1 Å². The number of nitrogens with one attached hydrogen (secondary N) is 1. The summed E-state index contributed by atoms with van der Waals surface area (Å²) in [6.45, 7) is 2.81. The molecule has 1 heterocycles. The summed E-state index contributed by atoms with van der Waals surface area (Å²) in [6, 6.07) is 12.6. The Morgan fingerprint density at radius 1 is 1.16 bits per heavy atom. The Balaban J connectivity index is 1.59. The van der Waals surface area contributed by atoms with Gasteiger partial charge in [-0.2, -0.15) is 0 Å². The molecule has 130 valence electrons. The SMILES string of the molecule is CC(=O)N1CCc2ccc(NC(=O)COc3ccc(Cl)cc3)cc2C1. The first-order valence-electron chi connectivity index (χ1n) is 8.07. The van der Waals surface area contributed by atoms with Crippen molar-refractivity contribution in [3.05, 3.63) is 58.6 Å². The maximum absolute atomic E-state index is 12.1. The highest BCUT2D eigenvalue weighted by molar-refractivity contribution is 6.30. The van der Waals surface area contributed by atoms with Crippen molar-refractivity contribution in [3.8, 4) is 5.75 Å². The molecule has 6 heteroatoms. The lowest BCUT2D eigenvalue weighted by molar-refractivity contribution is -0.129. The first-order chi connectivity index (χ1) is 12.0. The predicted molar refractivity (Wildman–Crippen MR) is 96.8 cm³/mol. The number of hydrogen-bond acceptors (Lipinski definition) is 3. The number of halogens is 1. The summed E-state index contributed by atoms with van der Waals surface area (Å²) in [5.41, 5.74) is 2.99. The summed E-state index contributed by atoms with van der Waals surface area (Å²) >= 11 is 5.81. The second-order valence-corrected chi connectivity index (χ2v) is 6.40. The van der Waals surface area contributed by atoms with Gasteiger partial charge in [0.2, 0.25) is 5.91 Å². The lowest BCUT2D eigenvalue weighted by Gasteiger charge is -2.28. The molecular weight excluding hydrogens is 340 g/mol. The summed E-state index contributed by atoms with van der Waals surface area (Å²) in [5, 5.41) is 3.44. The van der Waals surface area contributed by atoms with E-state index in [1.807, 2.05) is 18.2 Å². The van der Waals surface area contributed by atoms with Gasteiger partial charge in [0.15, 0.2) is 6.61 Å². The van der Waals surface area contributed by atoms with Crippen LogP contribution in [0.1, 0.15) is 18.1 Å². The maximum atomic E-state index is 12.1. The fraction of sp³-hybridized carbons (Fsp3) is 0.263. The molecule has 2 amide bonds. The zero-order valence-electron chi connectivity index (χ0n) is 13.9. The largest absolute Gasteiger partial charge is 0.484 e. The molecule has 1 N–H and O–H groups in total. The Morgan fingerprint density at radius 2 is 1.92 bits per heavy atom. The Labute approximate surface area is 151 Å². The predicted octanol–water partition coefficient (Wildman–Crippen LogP) is 3.26. The van der Waals surface area contributed by atoms with Crippen molar-refractivity contribution in [3.63, 3.8) is 0 Å². The third kappa shape index (κ3) is 4.51. The molecule has 0 fully saturated rings. The van der Waals surface area contributed by atoms with Crippen molar-refractivity contribution >= 4 is 29.1 Å². The van der Waals surface area contributed by atoms with Crippen molar-refractivity contribution in [1.29, 1.82) is 0 Å². The quantitative estimate of drug-likeness (QED) is 0.912. The lowest BCUT2D eigenvalue weighted by Crippen LogP contribution is -2.34. The van der Waals surface area contributed by atoms with Crippen LogP contribution in [-0.4, -0.2) is 29.9 Å². The Morgan fingerprint density at radius 3 is 2.64 bits per heavy atom. The minimum atomic E-state index is -0.242. The van der Waals surface area contributed by atoms with Crippen LogP contribution in [0, 0.1) is 0 Å². The number of nitrogens with zero attached hydrogens (tertiary/aromatic N) is 1. The smallest absolute Gasteiger partial charge is 0.262 e. The van der Waals surface area contributed by atoms with Crippen LogP contribution in [0.5, 0.6) is 5.75 Å². The van der Waals surface area contributed by atoms with Crippen LogP contribution in [0.4, 0.5) is 5.69 Å². The number of benzene rings is 2. The van der Waals surface area contributed by atoms with Crippen LogP contribution in [0.3, 0.4) is 0 Å². The average molecular weight is 359 g/mol. The normalized spacial score (nSPS) is 13.1. The maximum Gasteiger partial charge on any atom is 0.262 e. The number of amides is 2. The lowest BCUT2D eigenvalue weighted by atomic mass is 9.99. The minimum absolute atomic E-state index is 0.0662. The molecule has 0 radical (unpaired) electrons. The van der Waals surface area contributed by atoms with Gasteiger partial charge in [-0.1, -0.05) is 17.7 Å². The molecule has 0 saturated carbocycles. The molecule has 0 aliphatic carbocycles. The van der Waals surface area contributed by atoms with Crippen molar-refractivity contribution in [1.82, 2.24) is 4.90 Å². The summed E-state index contributed by atoms with van der Waals surface area (Å²) < 4.78 is 5.43. The standard InChI is InChI=1S/C19H19ClN2O3/c1-13(23)22-9-8-14-2-5-17(10-15(14)11-22)21-19(24)12-25-18-6-3-16(20)4-7-18/h2-7,10H,8-9,11-12H2,1H3,(H,21,24). The van der Waals surface area contributed by atoms with E-state index in [2.05, 4.69) is 5.32 Å². The van der Waals surface area contributed by atoms with Gasteiger partial charge < -0.3 is 15.0 Å². The highest BCUT2D eigenvalue weighted by Gasteiger charge is 2.18. The van der Waals surface area contributed by atoms with Crippen LogP contribution in [-0.2, 0) is 22.6 Å². The fourth-order valence-corrected chi connectivity index (χ4v) is 2.91. The molecule has 0 aromatic heterocycles. The van der Waals surface area contributed by atoms with E-state index in [1.54, 1.807) is 36.1 Å². The van der Waals surface area contributed by atoms with E-state index in [9.17, 15) is 9.59 Å². The number of carbonyl (C=O) groups is 2. The monoisotopic (exact) mass is 358 g/mol. The van der Waals surface area contributed by atoms with Gasteiger partial charge in [-0.15, -0.1) is 0 Å². The molecule has 0 bridgehead atoms. The summed E-state index contributed by atoms with van der Waals surface area (Å²) in [5.74, 6) is 0.410. The van der Waals surface area contributed by atoms with Gasteiger partial charge in [-0.3, -0.25) is 9.59 Å². The first kappa shape index (κ1) is 17.3. The van der Waals surface area contributed by atoms with E-state index in [0.29, 0.717) is 23.0 Å². The Bertz CT molecular complexity index is 790. The number of ether oxygens (including phenoxy) is 1. The molecule has 2 aromatic rings. The van der Waals surface area contributed by atoms with Crippen molar-refractivity contribution in [2.24, 2.45) is 0 Å². The summed E-state index contributed by atoms with van der Waals surface area (Å²) in [6.07, 6.45) is 0.836. The summed E-state index contributed by atoms with van der Waals surface area (Å²) in [7, 11) is 0. The molecular formula is C19H19ClN2O3. The van der Waals surface area contributed by atoms with Gasteiger partial charge in [-0.25, -0.2) is 0 Å². The zero-order chi connectivity index (χ0) is 17.8. The molecule has 0 unspecified atom stereocenters. The molecule has 0 saturated heterocycles. The average Bonchev–Trinajstić information content (AvgIpc) is 2.60. The molecule has 0 atom stereocenters. The van der Waals surface area contributed by atoms with E-state index in [-0.39, 0.29) is 18.4 Å². The number of hydrogen-bond donors (Lipinski definition) is 1. The molecule has 25 heavy (non-hydrogen) atoms. The highest BCUT2D eigenvalue weighted by atomic mass is 35.5. The first-order valence-corrected chi connectivity index (χ1v) is 8.44. The van der Waals surface area contributed by atoms with Gasteiger partial charge in [-0.05, 0) is 53.9 Å². The fourth-order valence-electron chi connectivity index (χ4n) is 2.78. The Hall–Kier alpha value is -2.53. The summed E-state index contributed by atoms with van der Waals surface area (Å²) in [4.78, 5) is 25.4. The Kier molecular flexibility index (Phi) is 5.24. The van der Waals surface area contributed by atoms with Gasteiger partial charge in [0.25, 0.3) is 5.91 Å². The van der Waals surface area contributed by atoms with Crippen LogP contribution in [0.25, 0.3) is 0 Å². The van der Waals surface area contributed by atoms with E-state index >= 15 is 0 Å². The van der Waals surface area contributed by atoms with Gasteiger partial charge >= 0.3 is 0 Å². The third-order valence-electron chi connectivity index (χ3n) is 4.13. The van der Waals surface area contributed by atoms with Crippen LogP contribution >= 0.6 is 11.6 Å². The van der Waals surface area contributed by atoms with E-state index in [4.69, 9.17) is 16.3 Å². The third-order valence-corrected chi connectivity index (χ3v) is 4.38. The van der Waals surface area contributed by atoms with Crippen molar-refractivity contribution in [2.45, 2.75) is 19.9 Å². The molecule has 1 aliphatic heterocycles. The van der Waals surface area contributed by atoms with Gasteiger partial charge in [0, 0.05) is 30.7 Å². The molecule has 2 aromatic carbocycles. The minimum Gasteiger partial charge on any atom is -0.484 e. The number of anilines is 1.